The van der Waals surface area contributed by atoms with Crippen LogP contribution in [0.15, 0.2) is 12.4 Å². The smallest absolute Gasteiger partial charge is 0.241 e. The average Bonchev–Trinajstić information content (AvgIpc) is 2.86. The number of nitrogens with zero attached hydrogens (tertiary/aromatic N) is 2. The van der Waals surface area contributed by atoms with Gasteiger partial charge < -0.3 is 25.8 Å². The number of carbonyl (C=O) groups is 1. The molecule has 0 aromatic heterocycles. The molecule has 1 amide bonds. The van der Waals surface area contributed by atoms with Crippen LogP contribution in [0.5, 0.6) is 0 Å². The van der Waals surface area contributed by atoms with Crippen molar-refractivity contribution in [3.05, 3.63) is 12.4 Å². The molecular formula is C16H29N5O. The van der Waals surface area contributed by atoms with Crippen LogP contribution in [-0.4, -0.2) is 66.7 Å². The molecule has 3 rings (SSSR count). The number of rotatable bonds is 3. The van der Waals surface area contributed by atoms with Crippen LogP contribution in [0.4, 0.5) is 0 Å². The lowest BCUT2D eigenvalue weighted by Gasteiger charge is -2.40. The maximum absolute atomic E-state index is 12.6. The van der Waals surface area contributed by atoms with Gasteiger partial charge in [-0.1, -0.05) is 0 Å². The summed E-state index contributed by atoms with van der Waals surface area (Å²) in [7, 11) is 0. The quantitative estimate of drug-likeness (QED) is 0.680. The molecule has 6 nitrogen and oxygen atoms in total. The van der Waals surface area contributed by atoms with Gasteiger partial charge in [0.05, 0.1) is 6.04 Å². The zero-order valence-corrected chi connectivity index (χ0v) is 13.8. The Balaban J connectivity index is 1.55. The third-order valence-corrected chi connectivity index (χ3v) is 5.03. The molecule has 0 spiro atoms. The minimum atomic E-state index is -0.0442. The monoisotopic (exact) mass is 307 g/mol. The molecule has 0 aliphatic carbocycles. The summed E-state index contributed by atoms with van der Waals surface area (Å²) in [5.41, 5.74) is -0.0128. The van der Waals surface area contributed by atoms with Crippen LogP contribution in [-0.2, 0) is 4.79 Å². The van der Waals surface area contributed by atoms with E-state index in [9.17, 15) is 4.79 Å². The van der Waals surface area contributed by atoms with Gasteiger partial charge in [-0.2, -0.15) is 0 Å². The molecule has 3 aliphatic rings. The van der Waals surface area contributed by atoms with Gasteiger partial charge in [-0.05, 0) is 32.6 Å². The minimum Gasteiger partial charge on any atom is -0.368 e. The van der Waals surface area contributed by atoms with Gasteiger partial charge in [0.2, 0.25) is 5.91 Å². The van der Waals surface area contributed by atoms with Gasteiger partial charge in [0.25, 0.3) is 0 Å². The fourth-order valence-corrected chi connectivity index (χ4v) is 3.63. The SMILES string of the molecule is CC1(C)NC=CN1C[C@@H]1CCCN(C(=O)[C@H]2CNCCN2)C1. The molecule has 2 fully saturated rings. The third-order valence-electron chi connectivity index (χ3n) is 5.03. The van der Waals surface area contributed by atoms with Crippen LogP contribution in [0.3, 0.4) is 0 Å². The van der Waals surface area contributed by atoms with Crippen LogP contribution in [0.25, 0.3) is 0 Å². The van der Waals surface area contributed by atoms with Crippen molar-refractivity contribution in [1.82, 2.24) is 25.8 Å². The van der Waals surface area contributed by atoms with Crippen LogP contribution in [0, 0.1) is 5.92 Å². The fourth-order valence-electron chi connectivity index (χ4n) is 3.63. The van der Waals surface area contributed by atoms with E-state index in [2.05, 4.69) is 45.8 Å². The summed E-state index contributed by atoms with van der Waals surface area (Å²) < 4.78 is 0. The highest BCUT2D eigenvalue weighted by Crippen LogP contribution is 2.24. The Hall–Kier alpha value is -1.27. The molecule has 0 bridgehead atoms. The predicted octanol–water partition coefficient (Wildman–Crippen LogP) is -0.101. The molecule has 6 heteroatoms. The Morgan fingerprint density at radius 2 is 2.23 bits per heavy atom. The van der Waals surface area contributed by atoms with E-state index < -0.39 is 0 Å². The first-order valence-corrected chi connectivity index (χ1v) is 8.50. The molecule has 3 N–H and O–H groups in total. The molecule has 0 unspecified atom stereocenters. The molecule has 2 atom stereocenters. The zero-order valence-electron chi connectivity index (χ0n) is 13.8. The summed E-state index contributed by atoms with van der Waals surface area (Å²) in [5.74, 6) is 0.823. The summed E-state index contributed by atoms with van der Waals surface area (Å²) >= 11 is 0. The van der Waals surface area contributed by atoms with Gasteiger partial charge in [0, 0.05) is 51.7 Å². The first-order chi connectivity index (χ1) is 10.6. The molecular weight excluding hydrogens is 278 g/mol. The summed E-state index contributed by atoms with van der Waals surface area (Å²) in [6, 6.07) is -0.0442. The van der Waals surface area contributed by atoms with Gasteiger partial charge in [-0.25, -0.2) is 0 Å². The number of piperazine rings is 1. The number of nitrogens with one attached hydrogen (secondary N) is 3. The van der Waals surface area contributed by atoms with Gasteiger partial charge in [0.1, 0.15) is 5.66 Å². The van der Waals surface area contributed by atoms with Crippen molar-refractivity contribution < 1.29 is 4.79 Å². The average molecular weight is 307 g/mol. The van der Waals surface area contributed by atoms with E-state index >= 15 is 0 Å². The maximum atomic E-state index is 12.6. The summed E-state index contributed by atoms with van der Waals surface area (Å²) in [5, 5.41) is 10.00. The van der Waals surface area contributed by atoms with E-state index in [1.165, 1.54) is 6.42 Å². The predicted molar refractivity (Wildman–Crippen MR) is 87.0 cm³/mol. The molecule has 0 radical (unpaired) electrons. The third kappa shape index (κ3) is 3.38. The van der Waals surface area contributed by atoms with Gasteiger partial charge in [-0.15, -0.1) is 0 Å². The number of hydrogen-bond donors (Lipinski definition) is 3. The lowest BCUT2D eigenvalue weighted by molar-refractivity contribution is -0.135. The van der Waals surface area contributed by atoms with E-state index in [1.807, 2.05) is 6.20 Å². The minimum absolute atomic E-state index is 0.0128. The number of amides is 1. The lowest BCUT2D eigenvalue weighted by atomic mass is 9.96. The molecule has 0 aromatic rings. The van der Waals surface area contributed by atoms with Crippen molar-refractivity contribution in [2.45, 2.75) is 38.4 Å². The number of carbonyl (C=O) groups excluding carboxylic acids is 1. The van der Waals surface area contributed by atoms with Crippen molar-refractivity contribution in [1.29, 1.82) is 0 Å². The van der Waals surface area contributed by atoms with Crippen LogP contribution in [0.2, 0.25) is 0 Å². The van der Waals surface area contributed by atoms with Gasteiger partial charge in [-0.3, -0.25) is 4.79 Å². The second-order valence-electron chi connectivity index (χ2n) is 7.17. The zero-order chi connectivity index (χ0) is 15.6. The first-order valence-electron chi connectivity index (χ1n) is 8.50. The Morgan fingerprint density at radius 3 is 2.91 bits per heavy atom. The second kappa shape index (κ2) is 6.46. The summed E-state index contributed by atoms with van der Waals surface area (Å²) in [6.07, 6.45) is 6.47. The van der Waals surface area contributed by atoms with Crippen molar-refractivity contribution >= 4 is 5.91 Å². The van der Waals surface area contributed by atoms with Crippen molar-refractivity contribution in [2.24, 2.45) is 5.92 Å². The first kappa shape index (κ1) is 15.6. The molecule has 124 valence electrons. The highest BCUT2D eigenvalue weighted by Gasteiger charge is 2.33. The Bertz CT molecular complexity index is 430. The fraction of sp³-hybridized carbons (Fsp3) is 0.812. The van der Waals surface area contributed by atoms with Gasteiger partial charge in [0.15, 0.2) is 0 Å². The summed E-state index contributed by atoms with van der Waals surface area (Å²) in [4.78, 5) is 17.1. The molecule has 0 saturated carbocycles. The number of piperidine rings is 1. The van der Waals surface area contributed by atoms with E-state index in [0.717, 1.165) is 45.7 Å². The normalized spacial score (nSPS) is 31.2. The second-order valence-corrected chi connectivity index (χ2v) is 7.17. The Kier molecular flexibility index (Phi) is 4.59. The molecule has 3 aliphatic heterocycles. The van der Waals surface area contributed by atoms with E-state index in [1.54, 1.807) is 0 Å². The van der Waals surface area contributed by atoms with E-state index in [4.69, 9.17) is 0 Å². The molecule has 3 heterocycles. The van der Waals surface area contributed by atoms with E-state index in [-0.39, 0.29) is 17.6 Å². The Morgan fingerprint density at radius 1 is 1.36 bits per heavy atom. The van der Waals surface area contributed by atoms with Crippen molar-refractivity contribution in [3.8, 4) is 0 Å². The van der Waals surface area contributed by atoms with Crippen LogP contribution >= 0.6 is 0 Å². The largest absolute Gasteiger partial charge is 0.368 e. The molecule has 22 heavy (non-hydrogen) atoms. The maximum Gasteiger partial charge on any atom is 0.241 e. The Labute approximate surface area is 133 Å². The highest BCUT2D eigenvalue weighted by molar-refractivity contribution is 5.82. The number of likely N-dealkylation sites (tertiary alicyclic amines) is 1. The lowest BCUT2D eigenvalue weighted by Crippen LogP contribution is -2.58. The number of hydrogen-bond acceptors (Lipinski definition) is 5. The van der Waals surface area contributed by atoms with Crippen LogP contribution < -0.4 is 16.0 Å². The standard InChI is InChI=1S/C16H29N5O/c1-16(2)19-7-9-21(16)12-13-4-3-8-20(11-13)15(22)14-10-17-5-6-18-14/h7,9,13-14,17-19H,3-6,8,10-12H2,1-2H3/t13-,14-/m1/s1. The van der Waals surface area contributed by atoms with Crippen molar-refractivity contribution in [2.75, 3.05) is 39.3 Å². The van der Waals surface area contributed by atoms with Crippen LogP contribution in [0.1, 0.15) is 26.7 Å². The van der Waals surface area contributed by atoms with E-state index in [0.29, 0.717) is 5.92 Å². The molecule has 0 aromatic carbocycles. The molecule has 2 saturated heterocycles. The van der Waals surface area contributed by atoms with Gasteiger partial charge >= 0.3 is 0 Å². The highest BCUT2D eigenvalue weighted by atomic mass is 16.2. The topological polar surface area (TPSA) is 59.6 Å². The summed E-state index contributed by atoms with van der Waals surface area (Å²) in [6.45, 7) is 9.78. The van der Waals surface area contributed by atoms with Crippen molar-refractivity contribution in [3.63, 3.8) is 0 Å².